The number of nitrogens with one attached hydrogen (secondary N) is 1. The Hall–Kier alpha value is -0.170. The molecule has 0 aromatic rings. The predicted octanol–water partition coefficient (Wildman–Crippen LogP) is 1.67. The molecule has 0 amide bonds. The summed E-state index contributed by atoms with van der Waals surface area (Å²) in [7, 11) is -3.28. The Balaban J connectivity index is 2.04. The van der Waals surface area contributed by atoms with E-state index < -0.39 is 10.2 Å². The highest BCUT2D eigenvalue weighted by Crippen LogP contribution is 2.30. The highest BCUT2D eigenvalue weighted by atomic mass is 32.2. The predicted molar refractivity (Wildman–Crippen MR) is 86.3 cm³/mol. The summed E-state index contributed by atoms with van der Waals surface area (Å²) in [5.74, 6) is 0.846. The van der Waals surface area contributed by atoms with E-state index in [1.807, 2.05) is 0 Å². The molecular weight excluding hydrogens is 286 g/mol. The van der Waals surface area contributed by atoms with E-state index in [2.05, 4.69) is 26.1 Å². The minimum atomic E-state index is -3.28. The molecule has 2 aliphatic rings. The van der Waals surface area contributed by atoms with Crippen LogP contribution in [0.5, 0.6) is 0 Å². The van der Waals surface area contributed by atoms with E-state index in [-0.39, 0.29) is 6.04 Å². The van der Waals surface area contributed by atoms with Crippen LogP contribution in [-0.2, 0) is 10.2 Å². The van der Waals surface area contributed by atoms with E-state index in [9.17, 15) is 8.42 Å². The van der Waals surface area contributed by atoms with Crippen LogP contribution in [0.25, 0.3) is 0 Å². The fourth-order valence-corrected chi connectivity index (χ4v) is 5.72. The molecule has 5 nitrogen and oxygen atoms in total. The van der Waals surface area contributed by atoms with Crippen LogP contribution >= 0.6 is 0 Å². The van der Waals surface area contributed by atoms with Crippen molar-refractivity contribution in [2.75, 3.05) is 32.7 Å². The molecule has 2 fully saturated rings. The first-order chi connectivity index (χ1) is 9.96. The molecule has 0 aromatic heterocycles. The van der Waals surface area contributed by atoms with Gasteiger partial charge in [0.25, 0.3) is 10.2 Å². The standard InChI is InChI=1S/C15H31N3O2S/c1-4-16-11-14-7-5-9-17(12-14)21(19,20)18-10-6-8-15(18)13(2)3/h13-16H,4-12H2,1-3H3. The molecule has 1 N–H and O–H groups in total. The van der Waals surface area contributed by atoms with Crippen molar-refractivity contribution >= 4 is 10.2 Å². The van der Waals surface area contributed by atoms with Gasteiger partial charge in [0.15, 0.2) is 0 Å². The summed E-state index contributed by atoms with van der Waals surface area (Å²) in [5, 5.41) is 3.35. The van der Waals surface area contributed by atoms with Gasteiger partial charge >= 0.3 is 0 Å². The van der Waals surface area contributed by atoms with Crippen LogP contribution in [0, 0.1) is 11.8 Å². The summed E-state index contributed by atoms with van der Waals surface area (Å²) in [5.41, 5.74) is 0. The van der Waals surface area contributed by atoms with Crippen LogP contribution in [0.4, 0.5) is 0 Å². The molecule has 0 aromatic carbocycles. The van der Waals surface area contributed by atoms with Gasteiger partial charge in [0.2, 0.25) is 0 Å². The summed E-state index contributed by atoms with van der Waals surface area (Å²) < 4.78 is 29.4. The van der Waals surface area contributed by atoms with Crippen LogP contribution in [-0.4, -0.2) is 55.8 Å². The summed E-state index contributed by atoms with van der Waals surface area (Å²) in [4.78, 5) is 0. The molecule has 2 rings (SSSR count). The molecule has 124 valence electrons. The lowest BCUT2D eigenvalue weighted by Gasteiger charge is -2.37. The summed E-state index contributed by atoms with van der Waals surface area (Å²) in [6, 6.07) is 0.184. The highest BCUT2D eigenvalue weighted by Gasteiger charge is 2.40. The third-order valence-corrected chi connectivity index (χ3v) is 6.84. The average Bonchev–Trinajstić information content (AvgIpc) is 2.96. The van der Waals surface area contributed by atoms with Crippen molar-refractivity contribution in [3.05, 3.63) is 0 Å². The van der Waals surface area contributed by atoms with Gasteiger partial charge in [-0.3, -0.25) is 0 Å². The van der Waals surface area contributed by atoms with Gasteiger partial charge in [0, 0.05) is 25.7 Å². The van der Waals surface area contributed by atoms with Crippen molar-refractivity contribution < 1.29 is 8.42 Å². The maximum Gasteiger partial charge on any atom is 0.282 e. The zero-order chi connectivity index (χ0) is 15.5. The van der Waals surface area contributed by atoms with Crippen molar-refractivity contribution in [3.63, 3.8) is 0 Å². The van der Waals surface area contributed by atoms with Gasteiger partial charge in [0.05, 0.1) is 0 Å². The molecule has 0 bridgehead atoms. The van der Waals surface area contributed by atoms with Gasteiger partial charge in [-0.1, -0.05) is 20.8 Å². The van der Waals surface area contributed by atoms with Crippen LogP contribution in [0.3, 0.4) is 0 Å². The first kappa shape index (κ1) is 17.2. The Bertz CT molecular complexity index is 425. The molecule has 2 unspecified atom stereocenters. The van der Waals surface area contributed by atoms with E-state index in [0.29, 0.717) is 31.5 Å². The Kier molecular flexibility index (Phi) is 6.05. The molecule has 0 radical (unpaired) electrons. The molecule has 2 aliphatic heterocycles. The molecule has 2 heterocycles. The third-order valence-electron chi connectivity index (χ3n) is 4.81. The van der Waals surface area contributed by atoms with E-state index in [0.717, 1.165) is 38.8 Å². The minimum absolute atomic E-state index is 0.184. The Labute approximate surface area is 130 Å². The van der Waals surface area contributed by atoms with Crippen LogP contribution in [0.2, 0.25) is 0 Å². The number of rotatable bonds is 6. The van der Waals surface area contributed by atoms with Crippen molar-refractivity contribution in [1.29, 1.82) is 0 Å². The van der Waals surface area contributed by atoms with Gasteiger partial charge in [-0.05, 0) is 50.6 Å². The molecule has 0 spiro atoms. The second kappa shape index (κ2) is 7.40. The minimum Gasteiger partial charge on any atom is -0.317 e. The SMILES string of the molecule is CCNCC1CCCN(S(=O)(=O)N2CCCC2C(C)C)C1. The van der Waals surface area contributed by atoms with Gasteiger partial charge < -0.3 is 5.32 Å². The molecule has 0 saturated carbocycles. The Morgan fingerprint density at radius 1 is 1.19 bits per heavy atom. The Morgan fingerprint density at radius 2 is 1.90 bits per heavy atom. The first-order valence-electron chi connectivity index (χ1n) is 8.44. The smallest absolute Gasteiger partial charge is 0.282 e. The molecule has 0 aliphatic carbocycles. The van der Waals surface area contributed by atoms with Gasteiger partial charge in [-0.25, -0.2) is 0 Å². The van der Waals surface area contributed by atoms with Gasteiger partial charge in [-0.15, -0.1) is 0 Å². The summed E-state index contributed by atoms with van der Waals surface area (Å²) in [6.07, 6.45) is 4.12. The number of hydrogen-bond acceptors (Lipinski definition) is 3. The molecule has 2 atom stereocenters. The van der Waals surface area contributed by atoms with Crippen molar-refractivity contribution in [2.24, 2.45) is 11.8 Å². The van der Waals surface area contributed by atoms with Crippen LogP contribution in [0.1, 0.15) is 46.5 Å². The maximum atomic E-state index is 13.0. The second-order valence-electron chi connectivity index (χ2n) is 6.75. The quantitative estimate of drug-likeness (QED) is 0.811. The van der Waals surface area contributed by atoms with Crippen molar-refractivity contribution in [1.82, 2.24) is 13.9 Å². The van der Waals surface area contributed by atoms with Crippen LogP contribution < -0.4 is 5.32 Å². The zero-order valence-electron chi connectivity index (χ0n) is 13.7. The molecule has 6 heteroatoms. The topological polar surface area (TPSA) is 52.7 Å². The third kappa shape index (κ3) is 3.97. The molecular formula is C15H31N3O2S. The average molecular weight is 317 g/mol. The Morgan fingerprint density at radius 3 is 2.57 bits per heavy atom. The normalized spacial score (nSPS) is 29.3. The lowest BCUT2D eigenvalue weighted by Crippen LogP contribution is -2.51. The fourth-order valence-electron chi connectivity index (χ4n) is 3.62. The van der Waals surface area contributed by atoms with E-state index in [1.54, 1.807) is 8.61 Å². The van der Waals surface area contributed by atoms with Gasteiger partial charge in [-0.2, -0.15) is 17.0 Å². The number of piperidine rings is 1. The zero-order valence-corrected chi connectivity index (χ0v) is 14.5. The summed E-state index contributed by atoms with van der Waals surface area (Å²) in [6.45, 7) is 10.3. The molecule has 2 saturated heterocycles. The van der Waals surface area contributed by atoms with E-state index in [4.69, 9.17) is 0 Å². The van der Waals surface area contributed by atoms with E-state index >= 15 is 0 Å². The van der Waals surface area contributed by atoms with Gasteiger partial charge in [0.1, 0.15) is 0 Å². The number of nitrogens with zero attached hydrogens (tertiary/aromatic N) is 2. The number of hydrogen-bond donors (Lipinski definition) is 1. The van der Waals surface area contributed by atoms with Crippen molar-refractivity contribution in [3.8, 4) is 0 Å². The molecule has 21 heavy (non-hydrogen) atoms. The first-order valence-corrected chi connectivity index (χ1v) is 9.84. The lowest BCUT2D eigenvalue weighted by atomic mass is 10.00. The van der Waals surface area contributed by atoms with Crippen molar-refractivity contribution in [2.45, 2.75) is 52.5 Å². The highest BCUT2D eigenvalue weighted by molar-refractivity contribution is 7.86. The lowest BCUT2D eigenvalue weighted by molar-refractivity contribution is 0.229. The van der Waals surface area contributed by atoms with Crippen LogP contribution in [0.15, 0.2) is 0 Å². The largest absolute Gasteiger partial charge is 0.317 e. The summed E-state index contributed by atoms with van der Waals surface area (Å²) >= 11 is 0. The second-order valence-corrected chi connectivity index (χ2v) is 8.63. The van der Waals surface area contributed by atoms with E-state index in [1.165, 1.54) is 0 Å². The maximum absolute atomic E-state index is 13.0. The monoisotopic (exact) mass is 317 g/mol. The fraction of sp³-hybridized carbons (Fsp3) is 1.00.